The molecule has 1 aromatic heterocycles. The molecule has 1 fully saturated rings. The van der Waals surface area contributed by atoms with Crippen LogP contribution in [0.2, 0.25) is 0 Å². The molecule has 2 rings (SSSR count). The number of carboxylic acid groups (broad SMARTS) is 1. The molecule has 94 valence electrons. The van der Waals surface area contributed by atoms with E-state index in [1.807, 2.05) is 0 Å². The van der Waals surface area contributed by atoms with Gasteiger partial charge in [-0.1, -0.05) is 6.07 Å². The number of nitrogens with zero attached hydrogens (tertiary/aromatic N) is 1. The number of thiophene rings is 1. The van der Waals surface area contributed by atoms with Gasteiger partial charge in [0.05, 0.1) is 6.42 Å². The Kier molecular flexibility index (Phi) is 4.53. The summed E-state index contributed by atoms with van der Waals surface area (Å²) in [6.45, 7) is 3.72. The number of rotatable bonds is 6. The van der Waals surface area contributed by atoms with Crippen molar-refractivity contribution in [3.63, 3.8) is 0 Å². The maximum atomic E-state index is 10.4. The van der Waals surface area contributed by atoms with Crippen LogP contribution in [0.3, 0.4) is 0 Å². The van der Waals surface area contributed by atoms with Gasteiger partial charge in [0.1, 0.15) is 0 Å². The molecule has 1 unspecified atom stereocenters. The molecule has 2 heterocycles. The summed E-state index contributed by atoms with van der Waals surface area (Å²) < 4.78 is 0. The van der Waals surface area contributed by atoms with Gasteiger partial charge in [0, 0.05) is 37.1 Å². The topological polar surface area (TPSA) is 52.6 Å². The highest BCUT2D eigenvalue weighted by molar-refractivity contribution is 7.09. The second-order valence-electron chi connectivity index (χ2n) is 4.40. The van der Waals surface area contributed by atoms with Gasteiger partial charge in [-0.3, -0.25) is 9.69 Å². The van der Waals surface area contributed by atoms with E-state index in [9.17, 15) is 4.79 Å². The molecule has 1 aliphatic heterocycles. The maximum Gasteiger partial charge on any atom is 0.304 e. The number of hydrogen-bond acceptors (Lipinski definition) is 4. The SMILES string of the molecule is O=C(O)CCNC1CCN(Cc2cccs2)C1. The van der Waals surface area contributed by atoms with E-state index in [0.29, 0.717) is 12.6 Å². The summed E-state index contributed by atoms with van der Waals surface area (Å²) in [5.74, 6) is -0.731. The number of carbonyl (C=O) groups is 1. The Morgan fingerprint density at radius 1 is 1.65 bits per heavy atom. The van der Waals surface area contributed by atoms with Crippen LogP contribution < -0.4 is 5.32 Å². The van der Waals surface area contributed by atoms with Crippen molar-refractivity contribution < 1.29 is 9.90 Å². The minimum Gasteiger partial charge on any atom is -0.481 e. The molecule has 0 spiro atoms. The van der Waals surface area contributed by atoms with E-state index in [4.69, 9.17) is 5.11 Å². The second kappa shape index (κ2) is 6.14. The molecule has 0 aliphatic carbocycles. The van der Waals surface area contributed by atoms with Crippen LogP contribution in [0, 0.1) is 0 Å². The lowest BCUT2D eigenvalue weighted by atomic mass is 10.2. The first-order valence-corrected chi connectivity index (χ1v) is 6.82. The molecule has 2 N–H and O–H groups in total. The molecular weight excluding hydrogens is 236 g/mol. The number of hydrogen-bond donors (Lipinski definition) is 2. The molecule has 0 radical (unpaired) electrons. The molecule has 0 aromatic carbocycles. The fourth-order valence-corrected chi connectivity index (χ4v) is 2.90. The van der Waals surface area contributed by atoms with E-state index < -0.39 is 5.97 Å². The lowest BCUT2D eigenvalue weighted by molar-refractivity contribution is -0.136. The Balaban J connectivity index is 1.67. The zero-order valence-electron chi connectivity index (χ0n) is 9.76. The van der Waals surface area contributed by atoms with Crippen LogP contribution in [0.1, 0.15) is 17.7 Å². The Labute approximate surface area is 105 Å². The maximum absolute atomic E-state index is 10.4. The van der Waals surface area contributed by atoms with Gasteiger partial charge in [-0.05, 0) is 17.9 Å². The van der Waals surface area contributed by atoms with E-state index in [-0.39, 0.29) is 6.42 Å². The van der Waals surface area contributed by atoms with Gasteiger partial charge < -0.3 is 10.4 Å². The highest BCUT2D eigenvalue weighted by atomic mass is 32.1. The van der Waals surface area contributed by atoms with Crippen molar-refractivity contribution in [1.29, 1.82) is 0 Å². The van der Waals surface area contributed by atoms with Crippen LogP contribution in [0.5, 0.6) is 0 Å². The van der Waals surface area contributed by atoms with Gasteiger partial charge in [0.15, 0.2) is 0 Å². The Morgan fingerprint density at radius 2 is 2.53 bits per heavy atom. The summed E-state index contributed by atoms with van der Waals surface area (Å²) >= 11 is 1.79. The van der Waals surface area contributed by atoms with Gasteiger partial charge in [-0.25, -0.2) is 0 Å². The van der Waals surface area contributed by atoms with Gasteiger partial charge in [0.25, 0.3) is 0 Å². The van der Waals surface area contributed by atoms with Crippen LogP contribution in [-0.4, -0.2) is 41.7 Å². The lowest BCUT2D eigenvalue weighted by Gasteiger charge is -2.15. The third-order valence-corrected chi connectivity index (χ3v) is 3.86. The molecule has 0 saturated carbocycles. The van der Waals surface area contributed by atoms with E-state index in [1.54, 1.807) is 11.3 Å². The minimum atomic E-state index is -0.731. The first-order valence-electron chi connectivity index (χ1n) is 5.94. The fourth-order valence-electron chi connectivity index (χ4n) is 2.15. The standard InChI is InChI=1S/C12H18N2O2S/c15-12(16)3-5-13-10-4-6-14(8-10)9-11-2-1-7-17-11/h1-2,7,10,13H,3-6,8-9H2,(H,15,16). The minimum absolute atomic E-state index is 0.210. The predicted molar refractivity (Wildman–Crippen MR) is 68.3 cm³/mol. The van der Waals surface area contributed by atoms with E-state index in [2.05, 4.69) is 27.7 Å². The smallest absolute Gasteiger partial charge is 0.304 e. The molecule has 17 heavy (non-hydrogen) atoms. The third-order valence-electron chi connectivity index (χ3n) is 3.00. The van der Waals surface area contributed by atoms with E-state index >= 15 is 0 Å². The largest absolute Gasteiger partial charge is 0.481 e. The summed E-state index contributed by atoms with van der Waals surface area (Å²) in [6, 6.07) is 4.70. The molecule has 1 aromatic rings. The summed E-state index contributed by atoms with van der Waals surface area (Å²) in [4.78, 5) is 14.2. The normalized spacial score (nSPS) is 20.8. The first-order chi connectivity index (χ1) is 8.24. The summed E-state index contributed by atoms with van der Waals surface area (Å²) in [5.41, 5.74) is 0. The predicted octanol–water partition coefficient (Wildman–Crippen LogP) is 1.39. The number of nitrogens with one attached hydrogen (secondary N) is 1. The molecule has 0 bridgehead atoms. The monoisotopic (exact) mass is 254 g/mol. The third kappa shape index (κ3) is 4.11. The molecular formula is C12H18N2O2S. The highest BCUT2D eigenvalue weighted by Gasteiger charge is 2.21. The second-order valence-corrected chi connectivity index (χ2v) is 5.43. The highest BCUT2D eigenvalue weighted by Crippen LogP contribution is 2.16. The van der Waals surface area contributed by atoms with Gasteiger partial charge >= 0.3 is 5.97 Å². The number of carboxylic acids is 1. The van der Waals surface area contributed by atoms with Crippen molar-refractivity contribution in [1.82, 2.24) is 10.2 Å². The van der Waals surface area contributed by atoms with Crippen LogP contribution in [0.15, 0.2) is 17.5 Å². The van der Waals surface area contributed by atoms with Crippen LogP contribution in [0.4, 0.5) is 0 Å². The van der Waals surface area contributed by atoms with Gasteiger partial charge in [-0.15, -0.1) is 11.3 Å². The summed E-state index contributed by atoms with van der Waals surface area (Å²) in [5, 5.41) is 14.0. The van der Waals surface area contributed by atoms with Crippen molar-refractivity contribution in [2.75, 3.05) is 19.6 Å². The Bertz CT molecular complexity index is 353. The van der Waals surface area contributed by atoms with Crippen molar-refractivity contribution in [3.05, 3.63) is 22.4 Å². The number of aliphatic carboxylic acids is 1. The van der Waals surface area contributed by atoms with Crippen molar-refractivity contribution in [2.45, 2.75) is 25.4 Å². The zero-order chi connectivity index (χ0) is 12.1. The average molecular weight is 254 g/mol. The zero-order valence-corrected chi connectivity index (χ0v) is 10.6. The van der Waals surface area contributed by atoms with Gasteiger partial charge in [0.2, 0.25) is 0 Å². The van der Waals surface area contributed by atoms with Crippen LogP contribution >= 0.6 is 11.3 Å². The quantitative estimate of drug-likeness (QED) is 0.805. The van der Waals surface area contributed by atoms with Crippen molar-refractivity contribution in [2.24, 2.45) is 0 Å². The first kappa shape index (κ1) is 12.5. The van der Waals surface area contributed by atoms with E-state index in [1.165, 1.54) is 4.88 Å². The molecule has 1 saturated heterocycles. The van der Waals surface area contributed by atoms with Crippen molar-refractivity contribution >= 4 is 17.3 Å². The van der Waals surface area contributed by atoms with Crippen molar-refractivity contribution in [3.8, 4) is 0 Å². The Hall–Kier alpha value is -0.910. The van der Waals surface area contributed by atoms with Gasteiger partial charge in [-0.2, -0.15) is 0 Å². The average Bonchev–Trinajstić information content (AvgIpc) is 2.90. The lowest BCUT2D eigenvalue weighted by Crippen LogP contribution is -2.33. The summed E-state index contributed by atoms with van der Waals surface area (Å²) in [7, 11) is 0. The Morgan fingerprint density at radius 3 is 3.24 bits per heavy atom. The summed E-state index contributed by atoms with van der Waals surface area (Å²) in [6.07, 6.45) is 1.33. The molecule has 5 heteroatoms. The van der Waals surface area contributed by atoms with Crippen LogP contribution in [0.25, 0.3) is 0 Å². The molecule has 1 atom stereocenters. The molecule has 4 nitrogen and oxygen atoms in total. The number of likely N-dealkylation sites (tertiary alicyclic amines) is 1. The molecule has 1 aliphatic rings. The van der Waals surface area contributed by atoms with Crippen LogP contribution in [-0.2, 0) is 11.3 Å². The molecule has 0 amide bonds. The van der Waals surface area contributed by atoms with E-state index in [0.717, 1.165) is 26.1 Å². The fraction of sp³-hybridized carbons (Fsp3) is 0.583.